The lowest BCUT2D eigenvalue weighted by atomic mass is 10.1. The lowest BCUT2D eigenvalue weighted by Gasteiger charge is -2.04. The third-order valence-corrected chi connectivity index (χ3v) is 2.51. The molecule has 3 heteroatoms. The van der Waals surface area contributed by atoms with E-state index in [0.29, 0.717) is 0 Å². The van der Waals surface area contributed by atoms with Crippen LogP contribution in [0.15, 0.2) is 42.6 Å². The van der Waals surface area contributed by atoms with Gasteiger partial charge in [-0.15, -0.1) is 0 Å². The van der Waals surface area contributed by atoms with Gasteiger partial charge >= 0.3 is 0 Å². The Morgan fingerprint density at radius 1 is 1.00 bits per heavy atom. The van der Waals surface area contributed by atoms with E-state index < -0.39 is 0 Å². The lowest BCUT2D eigenvalue weighted by molar-refractivity contribution is 0.282. The van der Waals surface area contributed by atoms with Gasteiger partial charge in [0.1, 0.15) is 0 Å². The minimum Gasteiger partial charge on any atom is -0.392 e. The number of aromatic nitrogens is 1. The summed E-state index contributed by atoms with van der Waals surface area (Å²) in [6.45, 7) is 1.79. The van der Waals surface area contributed by atoms with Gasteiger partial charge in [0.15, 0.2) is 0 Å². The number of hydrogen-bond acceptors (Lipinski definition) is 2. The zero-order chi connectivity index (χ0) is 11.2. The number of hydrogen-bond donors (Lipinski definition) is 3. The summed E-state index contributed by atoms with van der Waals surface area (Å²) in [7, 11) is 0. The van der Waals surface area contributed by atoms with Crippen molar-refractivity contribution in [2.75, 3.05) is 0 Å². The summed E-state index contributed by atoms with van der Waals surface area (Å²) in [6.07, 6.45) is 1.92. The Labute approximate surface area is 95.1 Å². The SMILES string of the molecule is OCc1ccc(CNCc2ccc[nH]2)cc1. The van der Waals surface area contributed by atoms with E-state index in [1.807, 2.05) is 36.5 Å². The molecule has 0 saturated heterocycles. The second kappa shape index (κ2) is 5.49. The maximum Gasteiger partial charge on any atom is 0.0681 e. The average molecular weight is 216 g/mol. The van der Waals surface area contributed by atoms with E-state index in [4.69, 9.17) is 5.11 Å². The van der Waals surface area contributed by atoms with Gasteiger partial charge in [-0.2, -0.15) is 0 Å². The lowest BCUT2D eigenvalue weighted by Crippen LogP contribution is -2.12. The third-order valence-electron chi connectivity index (χ3n) is 2.51. The number of nitrogens with one attached hydrogen (secondary N) is 2. The predicted molar refractivity (Wildman–Crippen MR) is 63.7 cm³/mol. The van der Waals surface area contributed by atoms with E-state index in [9.17, 15) is 0 Å². The first-order valence-electron chi connectivity index (χ1n) is 5.40. The van der Waals surface area contributed by atoms with Crippen LogP contribution in [0.2, 0.25) is 0 Å². The molecule has 3 N–H and O–H groups in total. The second-order valence-electron chi connectivity index (χ2n) is 3.77. The molecule has 0 bridgehead atoms. The molecule has 0 unspecified atom stereocenters. The van der Waals surface area contributed by atoms with Crippen molar-refractivity contribution in [3.8, 4) is 0 Å². The van der Waals surface area contributed by atoms with Crippen LogP contribution in [0.5, 0.6) is 0 Å². The standard InChI is InChI=1S/C13H16N2O/c16-10-12-5-3-11(4-6-12)8-14-9-13-2-1-7-15-13/h1-7,14-16H,8-10H2. The molecule has 0 amide bonds. The summed E-state index contributed by atoms with van der Waals surface area (Å²) in [6, 6.07) is 12.0. The van der Waals surface area contributed by atoms with Gasteiger partial charge < -0.3 is 15.4 Å². The van der Waals surface area contributed by atoms with Crippen molar-refractivity contribution in [3.63, 3.8) is 0 Å². The normalized spacial score (nSPS) is 10.6. The molecule has 0 fully saturated rings. The van der Waals surface area contributed by atoms with Crippen LogP contribution in [-0.2, 0) is 19.7 Å². The number of benzene rings is 1. The predicted octanol–water partition coefficient (Wildman–Crippen LogP) is 1.80. The molecule has 16 heavy (non-hydrogen) atoms. The van der Waals surface area contributed by atoms with Crippen molar-refractivity contribution in [2.45, 2.75) is 19.7 Å². The average Bonchev–Trinajstić information content (AvgIpc) is 2.83. The van der Waals surface area contributed by atoms with E-state index in [1.165, 1.54) is 11.3 Å². The molecule has 0 radical (unpaired) electrons. The van der Waals surface area contributed by atoms with Gasteiger partial charge in [0.2, 0.25) is 0 Å². The van der Waals surface area contributed by atoms with Crippen LogP contribution >= 0.6 is 0 Å². The van der Waals surface area contributed by atoms with Crippen LogP contribution in [0.3, 0.4) is 0 Å². The van der Waals surface area contributed by atoms with Gasteiger partial charge in [-0.05, 0) is 23.3 Å². The fraction of sp³-hybridized carbons (Fsp3) is 0.231. The zero-order valence-corrected chi connectivity index (χ0v) is 9.11. The molecule has 2 aromatic rings. The third kappa shape index (κ3) is 2.95. The Morgan fingerprint density at radius 2 is 1.75 bits per heavy atom. The summed E-state index contributed by atoms with van der Waals surface area (Å²) in [4.78, 5) is 3.15. The van der Waals surface area contributed by atoms with Crippen molar-refractivity contribution < 1.29 is 5.11 Å². The molecule has 0 aliphatic heterocycles. The van der Waals surface area contributed by atoms with Gasteiger partial charge in [0.05, 0.1) is 6.61 Å². The number of rotatable bonds is 5. The summed E-state index contributed by atoms with van der Waals surface area (Å²) in [5, 5.41) is 12.3. The quantitative estimate of drug-likeness (QED) is 0.713. The fourth-order valence-electron chi connectivity index (χ4n) is 1.58. The van der Waals surface area contributed by atoms with Crippen molar-refractivity contribution in [2.24, 2.45) is 0 Å². The van der Waals surface area contributed by atoms with E-state index in [-0.39, 0.29) is 6.61 Å². The van der Waals surface area contributed by atoms with Crippen LogP contribution in [0.1, 0.15) is 16.8 Å². The van der Waals surface area contributed by atoms with Gasteiger partial charge in [-0.25, -0.2) is 0 Å². The molecular formula is C13H16N2O. The van der Waals surface area contributed by atoms with Gasteiger partial charge in [0.25, 0.3) is 0 Å². The Bertz CT molecular complexity index is 406. The molecule has 1 heterocycles. The van der Waals surface area contributed by atoms with E-state index >= 15 is 0 Å². The van der Waals surface area contributed by atoms with Crippen molar-refractivity contribution >= 4 is 0 Å². The Hall–Kier alpha value is -1.58. The summed E-state index contributed by atoms with van der Waals surface area (Å²) >= 11 is 0. The molecule has 3 nitrogen and oxygen atoms in total. The number of aliphatic hydroxyl groups is 1. The van der Waals surface area contributed by atoms with Gasteiger partial charge in [0, 0.05) is 25.0 Å². The van der Waals surface area contributed by atoms with Crippen LogP contribution in [0.25, 0.3) is 0 Å². The van der Waals surface area contributed by atoms with Crippen LogP contribution in [-0.4, -0.2) is 10.1 Å². The highest BCUT2D eigenvalue weighted by Gasteiger charge is 1.95. The Morgan fingerprint density at radius 3 is 2.38 bits per heavy atom. The first kappa shape index (κ1) is 10.9. The van der Waals surface area contributed by atoms with Gasteiger partial charge in [-0.1, -0.05) is 24.3 Å². The molecule has 0 aliphatic rings. The highest BCUT2D eigenvalue weighted by atomic mass is 16.3. The van der Waals surface area contributed by atoms with Crippen LogP contribution in [0, 0.1) is 0 Å². The Kier molecular flexibility index (Phi) is 3.75. The van der Waals surface area contributed by atoms with Crippen LogP contribution in [0.4, 0.5) is 0 Å². The minimum absolute atomic E-state index is 0.107. The molecule has 1 aromatic heterocycles. The molecule has 0 aliphatic carbocycles. The Balaban J connectivity index is 1.81. The second-order valence-corrected chi connectivity index (χ2v) is 3.77. The van der Waals surface area contributed by atoms with E-state index in [2.05, 4.69) is 16.4 Å². The van der Waals surface area contributed by atoms with E-state index in [0.717, 1.165) is 18.7 Å². The first-order valence-corrected chi connectivity index (χ1v) is 5.40. The van der Waals surface area contributed by atoms with Crippen molar-refractivity contribution in [1.29, 1.82) is 0 Å². The summed E-state index contributed by atoms with van der Waals surface area (Å²) in [5.41, 5.74) is 3.36. The van der Waals surface area contributed by atoms with E-state index in [1.54, 1.807) is 0 Å². The molecule has 1 aromatic carbocycles. The zero-order valence-electron chi connectivity index (χ0n) is 9.11. The highest BCUT2D eigenvalue weighted by Crippen LogP contribution is 2.04. The molecule has 0 spiro atoms. The maximum atomic E-state index is 8.91. The highest BCUT2D eigenvalue weighted by molar-refractivity contribution is 5.21. The monoisotopic (exact) mass is 216 g/mol. The number of H-pyrrole nitrogens is 1. The molecule has 84 valence electrons. The summed E-state index contributed by atoms with van der Waals surface area (Å²) < 4.78 is 0. The largest absolute Gasteiger partial charge is 0.392 e. The van der Waals surface area contributed by atoms with Crippen LogP contribution < -0.4 is 5.32 Å². The van der Waals surface area contributed by atoms with Crippen molar-refractivity contribution in [1.82, 2.24) is 10.3 Å². The molecule has 0 saturated carbocycles. The number of aliphatic hydroxyl groups excluding tert-OH is 1. The summed E-state index contributed by atoms with van der Waals surface area (Å²) in [5.74, 6) is 0. The molecule has 2 rings (SSSR count). The smallest absolute Gasteiger partial charge is 0.0681 e. The molecular weight excluding hydrogens is 200 g/mol. The van der Waals surface area contributed by atoms with Gasteiger partial charge in [-0.3, -0.25) is 0 Å². The number of aromatic amines is 1. The topological polar surface area (TPSA) is 48.0 Å². The molecule has 0 atom stereocenters. The minimum atomic E-state index is 0.107. The first-order chi connectivity index (χ1) is 7.88. The fourth-order valence-corrected chi connectivity index (χ4v) is 1.58. The van der Waals surface area contributed by atoms with Crippen molar-refractivity contribution in [3.05, 3.63) is 59.4 Å². The maximum absolute atomic E-state index is 8.91.